The van der Waals surface area contributed by atoms with Gasteiger partial charge in [-0.2, -0.15) is 9.78 Å². The van der Waals surface area contributed by atoms with Crippen molar-refractivity contribution in [3.05, 3.63) is 83.4 Å². The largest absolute Gasteiger partial charge is 0.478 e. The van der Waals surface area contributed by atoms with Crippen LogP contribution in [0.5, 0.6) is 0 Å². The van der Waals surface area contributed by atoms with Gasteiger partial charge in [0.25, 0.3) is 0 Å². The zero-order chi connectivity index (χ0) is 22.2. The number of hydrogen-bond donors (Lipinski definition) is 2. The van der Waals surface area contributed by atoms with E-state index in [1.54, 1.807) is 29.2 Å². The lowest BCUT2D eigenvalue weighted by molar-refractivity contribution is 0.0698. The number of carbonyl (C=O) groups is 1. The highest BCUT2D eigenvalue weighted by molar-refractivity contribution is 5.96. The monoisotopic (exact) mass is 425 g/mol. The Morgan fingerprint density at radius 3 is 2.62 bits per heavy atom. The number of nitrogens with zero attached hydrogens (tertiary/aromatic N) is 4. The summed E-state index contributed by atoms with van der Waals surface area (Å²) in [5.74, 6) is 0.777. The summed E-state index contributed by atoms with van der Waals surface area (Å²) in [6, 6.07) is 13.1. The van der Waals surface area contributed by atoms with E-state index >= 15 is 0 Å². The van der Waals surface area contributed by atoms with E-state index in [-0.39, 0.29) is 5.56 Å². The van der Waals surface area contributed by atoms with Gasteiger partial charge < -0.3 is 10.4 Å². The standard InChI is InChI=1S/C25H23N5O2/c1-15-7-10-20(19(13-15)25(31)32)28-24-21(18-6-4-11-26-14-18)22(17-8-9-17)29-30(24)23-16(2)5-3-12-27-23/h3-7,10-14,17,28H,8-9H2,1-2H3,(H,31,32). The minimum absolute atomic E-state index is 0.209. The molecule has 1 aliphatic carbocycles. The lowest BCUT2D eigenvalue weighted by atomic mass is 10.0. The predicted molar refractivity (Wildman–Crippen MR) is 123 cm³/mol. The molecule has 3 aromatic heterocycles. The van der Waals surface area contributed by atoms with Crippen molar-refractivity contribution in [3.8, 4) is 16.9 Å². The number of aromatic carboxylic acids is 1. The van der Waals surface area contributed by atoms with Gasteiger partial charge >= 0.3 is 5.97 Å². The van der Waals surface area contributed by atoms with Gasteiger partial charge in [0.1, 0.15) is 5.82 Å². The van der Waals surface area contributed by atoms with Crippen molar-refractivity contribution >= 4 is 17.5 Å². The lowest BCUT2D eigenvalue weighted by Gasteiger charge is -2.15. The SMILES string of the molecule is Cc1ccc(Nc2c(-c3cccnc3)c(C3CC3)nn2-c2ncccc2C)c(C(=O)O)c1. The van der Waals surface area contributed by atoms with Crippen molar-refractivity contribution in [1.82, 2.24) is 19.7 Å². The van der Waals surface area contributed by atoms with Crippen LogP contribution in [-0.4, -0.2) is 30.8 Å². The van der Waals surface area contributed by atoms with Crippen LogP contribution in [0.4, 0.5) is 11.5 Å². The molecule has 0 bridgehead atoms. The van der Waals surface area contributed by atoms with Gasteiger partial charge in [-0.1, -0.05) is 23.8 Å². The molecular formula is C25H23N5O2. The number of carboxylic acids is 1. The fourth-order valence-electron chi connectivity index (χ4n) is 3.91. The Hall–Kier alpha value is -4.00. The summed E-state index contributed by atoms with van der Waals surface area (Å²) in [6.45, 7) is 3.87. The van der Waals surface area contributed by atoms with E-state index in [1.807, 2.05) is 50.4 Å². The number of aryl methyl sites for hydroxylation is 2. The number of rotatable bonds is 6. The first-order chi connectivity index (χ1) is 15.5. The third kappa shape index (κ3) is 3.62. The van der Waals surface area contributed by atoms with Crippen LogP contribution in [0.2, 0.25) is 0 Å². The molecule has 0 aliphatic heterocycles. The molecule has 3 heterocycles. The molecule has 7 heteroatoms. The number of benzene rings is 1. The molecule has 0 unspecified atom stereocenters. The highest BCUT2D eigenvalue weighted by Crippen LogP contribution is 2.47. The number of pyridine rings is 2. The van der Waals surface area contributed by atoms with Crippen LogP contribution in [0.1, 0.15) is 45.9 Å². The molecule has 0 radical (unpaired) electrons. The van der Waals surface area contributed by atoms with Crippen LogP contribution >= 0.6 is 0 Å². The Morgan fingerprint density at radius 1 is 1.12 bits per heavy atom. The fraction of sp³-hybridized carbons (Fsp3) is 0.200. The molecule has 1 aromatic carbocycles. The van der Waals surface area contributed by atoms with Crippen LogP contribution < -0.4 is 5.32 Å². The maximum atomic E-state index is 12.0. The topological polar surface area (TPSA) is 92.9 Å². The Morgan fingerprint density at radius 2 is 1.94 bits per heavy atom. The molecule has 32 heavy (non-hydrogen) atoms. The average Bonchev–Trinajstić information content (AvgIpc) is 3.57. The van der Waals surface area contributed by atoms with Crippen molar-refractivity contribution < 1.29 is 9.90 Å². The van der Waals surface area contributed by atoms with E-state index < -0.39 is 5.97 Å². The van der Waals surface area contributed by atoms with Crippen LogP contribution in [0, 0.1) is 13.8 Å². The second-order valence-electron chi connectivity index (χ2n) is 8.16. The van der Waals surface area contributed by atoms with Crippen LogP contribution in [0.25, 0.3) is 16.9 Å². The molecule has 7 nitrogen and oxygen atoms in total. The quantitative estimate of drug-likeness (QED) is 0.437. The minimum atomic E-state index is -0.985. The molecular weight excluding hydrogens is 402 g/mol. The van der Waals surface area contributed by atoms with Crippen molar-refractivity contribution in [3.63, 3.8) is 0 Å². The Kier molecular flexibility index (Phi) is 4.93. The van der Waals surface area contributed by atoms with Gasteiger partial charge in [0.2, 0.25) is 0 Å². The highest BCUT2D eigenvalue weighted by atomic mass is 16.4. The molecule has 1 fully saturated rings. The van der Waals surface area contributed by atoms with Crippen LogP contribution in [-0.2, 0) is 0 Å². The second kappa shape index (κ2) is 7.92. The van der Waals surface area contributed by atoms with Gasteiger partial charge in [-0.3, -0.25) is 4.98 Å². The van der Waals surface area contributed by atoms with Gasteiger partial charge in [0.15, 0.2) is 5.82 Å². The van der Waals surface area contributed by atoms with Gasteiger partial charge in [-0.15, -0.1) is 0 Å². The van der Waals surface area contributed by atoms with Crippen LogP contribution in [0.15, 0.2) is 61.1 Å². The normalized spacial score (nSPS) is 13.2. The number of carboxylic acid groups (broad SMARTS) is 1. The fourth-order valence-corrected chi connectivity index (χ4v) is 3.91. The summed E-state index contributed by atoms with van der Waals surface area (Å²) in [5, 5.41) is 18.2. The third-order valence-corrected chi connectivity index (χ3v) is 5.67. The summed E-state index contributed by atoms with van der Waals surface area (Å²) in [4.78, 5) is 20.9. The van der Waals surface area contributed by atoms with Crippen molar-refractivity contribution in [2.45, 2.75) is 32.6 Å². The van der Waals surface area contributed by atoms with E-state index in [9.17, 15) is 9.90 Å². The van der Waals surface area contributed by atoms with E-state index in [0.717, 1.165) is 40.8 Å². The first kappa shape index (κ1) is 19.9. The molecule has 1 aliphatic rings. The summed E-state index contributed by atoms with van der Waals surface area (Å²) < 4.78 is 1.80. The van der Waals surface area contributed by atoms with Crippen molar-refractivity contribution in [2.75, 3.05) is 5.32 Å². The first-order valence-corrected chi connectivity index (χ1v) is 10.6. The number of nitrogens with one attached hydrogen (secondary N) is 1. The molecule has 5 rings (SSSR count). The summed E-state index contributed by atoms with van der Waals surface area (Å²) in [6.07, 6.45) is 7.45. The van der Waals surface area contributed by atoms with E-state index in [0.29, 0.717) is 23.2 Å². The summed E-state index contributed by atoms with van der Waals surface area (Å²) >= 11 is 0. The number of aromatic nitrogens is 4. The zero-order valence-corrected chi connectivity index (χ0v) is 17.9. The lowest BCUT2D eigenvalue weighted by Crippen LogP contribution is -2.09. The smallest absolute Gasteiger partial charge is 0.337 e. The molecule has 0 spiro atoms. The third-order valence-electron chi connectivity index (χ3n) is 5.67. The highest BCUT2D eigenvalue weighted by Gasteiger charge is 2.33. The Labute approximate surface area is 185 Å². The van der Waals surface area contributed by atoms with Gasteiger partial charge in [-0.05, 0) is 56.5 Å². The van der Waals surface area contributed by atoms with Gasteiger partial charge in [0, 0.05) is 35.6 Å². The van der Waals surface area contributed by atoms with Gasteiger partial charge in [0.05, 0.1) is 16.9 Å². The maximum Gasteiger partial charge on any atom is 0.337 e. The van der Waals surface area contributed by atoms with Gasteiger partial charge in [-0.25, -0.2) is 9.78 Å². The summed E-state index contributed by atoms with van der Waals surface area (Å²) in [5.41, 5.74) is 5.41. The van der Waals surface area contributed by atoms with E-state index in [1.165, 1.54) is 0 Å². The minimum Gasteiger partial charge on any atom is -0.478 e. The zero-order valence-electron chi connectivity index (χ0n) is 17.9. The molecule has 2 N–H and O–H groups in total. The maximum absolute atomic E-state index is 12.0. The molecule has 0 atom stereocenters. The number of anilines is 2. The molecule has 0 amide bonds. The molecule has 4 aromatic rings. The molecule has 160 valence electrons. The van der Waals surface area contributed by atoms with Crippen molar-refractivity contribution in [2.24, 2.45) is 0 Å². The second-order valence-corrected chi connectivity index (χ2v) is 8.16. The Balaban J connectivity index is 1.77. The van der Waals surface area contributed by atoms with E-state index in [2.05, 4.69) is 15.3 Å². The number of hydrogen-bond acceptors (Lipinski definition) is 5. The predicted octanol–water partition coefficient (Wildman–Crippen LogP) is 5.27. The first-order valence-electron chi connectivity index (χ1n) is 10.6. The molecule has 0 saturated heterocycles. The van der Waals surface area contributed by atoms with E-state index in [4.69, 9.17) is 5.10 Å². The molecule has 1 saturated carbocycles. The Bertz CT molecular complexity index is 1310. The van der Waals surface area contributed by atoms with Crippen molar-refractivity contribution in [1.29, 1.82) is 0 Å². The average molecular weight is 425 g/mol. The van der Waals surface area contributed by atoms with Crippen LogP contribution in [0.3, 0.4) is 0 Å². The summed E-state index contributed by atoms with van der Waals surface area (Å²) in [7, 11) is 0.